The SMILES string of the molecule is COc1ccc(C(=O)N/N=C\c2cccc(OC(=O)c3sc4ccccc4c3Cl)c2)cc1OC. The number of carbonyl (C=O) groups is 2. The molecule has 9 heteroatoms. The first kappa shape index (κ1) is 23.3. The zero-order valence-corrected chi connectivity index (χ0v) is 19.8. The van der Waals surface area contributed by atoms with Gasteiger partial charge in [-0.3, -0.25) is 4.79 Å². The van der Waals surface area contributed by atoms with E-state index in [-0.39, 0.29) is 0 Å². The first-order valence-corrected chi connectivity index (χ1v) is 11.2. The van der Waals surface area contributed by atoms with Gasteiger partial charge in [0.15, 0.2) is 11.5 Å². The molecule has 0 radical (unpaired) electrons. The predicted molar refractivity (Wildman–Crippen MR) is 133 cm³/mol. The fourth-order valence-corrected chi connectivity index (χ4v) is 4.55. The van der Waals surface area contributed by atoms with Crippen molar-refractivity contribution in [1.82, 2.24) is 5.43 Å². The summed E-state index contributed by atoms with van der Waals surface area (Å²) in [5.74, 6) is 0.327. The maximum atomic E-state index is 12.7. The second-order valence-corrected chi connectivity index (χ2v) is 8.40. The largest absolute Gasteiger partial charge is 0.493 e. The van der Waals surface area contributed by atoms with Gasteiger partial charge in [0.1, 0.15) is 10.6 Å². The molecule has 1 heterocycles. The van der Waals surface area contributed by atoms with Crippen molar-refractivity contribution in [1.29, 1.82) is 0 Å². The summed E-state index contributed by atoms with van der Waals surface area (Å²) in [6, 6.07) is 19.1. The molecule has 1 aromatic heterocycles. The highest BCUT2D eigenvalue weighted by Gasteiger charge is 2.19. The summed E-state index contributed by atoms with van der Waals surface area (Å²) < 4.78 is 16.8. The summed E-state index contributed by atoms with van der Waals surface area (Å²) in [6.07, 6.45) is 1.45. The molecule has 0 fully saturated rings. The van der Waals surface area contributed by atoms with Gasteiger partial charge >= 0.3 is 5.97 Å². The molecule has 0 aliphatic rings. The molecule has 4 rings (SSSR count). The van der Waals surface area contributed by atoms with Gasteiger partial charge in [0, 0.05) is 15.6 Å². The zero-order chi connectivity index (χ0) is 24.1. The van der Waals surface area contributed by atoms with Crippen LogP contribution in [0.1, 0.15) is 25.6 Å². The van der Waals surface area contributed by atoms with E-state index >= 15 is 0 Å². The van der Waals surface area contributed by atoms with Gasteiger partial charge in [0.05, 0.1) is 25.5 Å². The van der Waals surface area contributed by atoms with Crippen LogP contribution in [0, 0.1) is 0 Å². The fourth-order valence-electron chi connectivity index (χ4n) is 3.16. The van der Waals surface area contributed by atoms with E-state index in [2.05, 4.69) is 10.5 Å². The number of fused-ring (bicyclic) bond motifs is 1. The number of benzene rings is 3. The van der Waals surface area contributed by atoms with Crippen LogP contribution in [0.15, 0.2) is 71.8 Å². The van der Waals surface area contributed by atoms with Crippen molar-refractivity contribution in [3.05, 3.63) is 87.8 Å². The first-order valence-electron chi connectivity index (χ1n) is 10.0. The van der Waals surface area contributed by atoms with Crippen molar-refractivity contribution in [2.75, 3.05) is 14.2 Å². The number of carbonyl (C=O) groups excluding carboxylic acids is 2. The lowest BCUT2D eigenvalue weighted by Crippen LogP contribution is -2.17. The molecule has 34 heavy (non-hydrogen) atoms. The molecule has 7 nitrogen and oxygen atoms in total. The third kappa shape index (κ3) is 5.03. The summed E-state index contributed by atoms with van der Waals surface area (Å²) in [4.78, 5) is 25.4. The number of ether oxygens (including phenoxy) is 3. The van der Waals surface area contributed by atoms with E-state index in [9.17, 15) is 9.59 Å². The van der Waals surface area contributed by atoms with Gasteiger partial charge in [0.2, 0.25) is 0 Å². The second kappa shape index (κ2) is 10.4. The molecule has 1 N–H and O–H groups in total. The van der Waals surface area contributed by atoms with Crippen molar-refractivity contribution in [3.8, 4) is 17.2 Å². The Bertz CT molecular complexity index is 1400. The molecular weight excluding hydrogens is 476 g/mol. The summed E-state index contributed by atoms with van der Waals surface area (Å²) in [7, 11) is 3.01. The minimum Gasteiger partial charge on any atom is -0.493 e. The summed E-state index contributed by atoms with van der Waals surface area (Å²) in [5, 5.41) is 5.17. The van der Waals surface area contributed by atoms with Crippen molar-refractivity contribution in [2.45, 2.75) is 0 Å². The number of hydrazone groups is 1. The molecule has 0 bridgehead atoms. The van der Waals surface area contributed by atoms with Gasteiger partial charge in [-0.2, -0.15) is 5.10 Å². The molecule has 0 aliphatic carbocycles. The Labute approximate surface area is 204 Å². The maximum absolute atomic E-state index is 12.7. The minimum absolute atomic E-state index is 0.327. The highest BCUT2D eigenvalue weighted by molar-refractivity contribution is 7.21. The Hall–Kier alpha value is -3.88. The smallest absolute Gasteiger partial charge is 0.355 e. The molecular formula is C25H19ClN2O5S. The number of methoxy groups -OCH3 is 2. The van der Waals surface area contributed by atoms with Crippen LogP contribution in [-0.2, 0) is 0 Å². The van der Waals surface area contributed by atoms with E-state index in [4.69, 9.17) is 25.8 Å². The van der Waals surface area contributed by atoms with E-state index in [0.717, 1.165) is 10.1 Å². The van der Waals surface area contributed by atoms with Crippen LogP contribution in [0.5, 0.6) is 17.2 Å². The number of nitrogens with one attached hydrogen (secondary N) is 1. The Morgan fingerprint density at radius 1 is 0.971 bits per heavy atom. The molecule has 0 saturated heterocycles. The van der Waals surface area contributed by atoms with Crippen molar-refractivity contribution < 1.29 is 23.8 Å². The van der Waals surface area contributed by atoms with Crippen molar-refractivity contribution >= 4 is 51.1 Å². The van der Waals surface area contributed by atoms with Crippen molar-refractivity contribution in [2.24, 2.45) is 5.10 Å². The van der Waals surface area contributed by atoms with E-state index < -0.39 is 11.9 Å². The lowest BCUT2D eigenvalue weighted by atomic mass is 10.2. The third-order valence-corrected chi connectivity index (χ3v) is 6.47. The Morgan fingerprint density at radius 2 is 1.76 bits per heavy atom. The normalized spacial score (nSPS) is 10.9. The second-order valence-electron chi connectivity index (χ2n) is 6.97. The number of halogens is 1. The number of nitrogens with zero attached hydrogens (tertiary/aromatic N) is 1. The van der Waals surface area contributed by atoms with Crippen LogP contribution in [0.2, 0.25) is 5.02 Å². The predicted octanol–water partition coefficient (Wildman–Crippen LogP) is 5.56. The number of hydrogen-bond donors (Lipinski definition) is 1. The number of amides is 1. The lowest BCUT2D eigenvalue weighted by molar-refractivity contribution is 0.0740. The average molecular weight is 495 g/mol. The lowest BCUT2D eigenvalue weighted by Gasteiger charge is -2.08. The number of esters is 1. The molecule has 0 aliphatic heterocycles. The summed E-state index contributed by atoms with van der Waals surface area (Å²) in [6.45, 7) is 0. The monoisotopic (exact) mass is 494 g/mol. The Kier molecular flexibility index (Phi) is 7.10. The van der Waals surface area contributed by atoms with Crippen LogP contribution in [0.3, 0.4) is 0 Å². The average Bonchev–Trinajstić information content (AvgIpc) is 3.20. The van der Waals surface area contributed by atoms with Crippen LogP contribution >= 0.6 is 22.9 Å². The summed E-state index contributed by atoms with van der Waals surface area (Å²) >= 11 is 7.65. The van der Waals surface area contributed by atoms with E-state index in [1.807, 2.05) is 24.3 Å². The Balaban J connectivity index is 1.42. The molecule has 0 spiro atoms. The van der Waals surface area contributed by atoms with Gasteiger partial charge in [-0.15, -0.1) is 11.3 Å². The zero-order valence-electron chi connectivity index (χ0n) is 18.2. The maximum Gasteiger partial charge on any atom is 0.355 e. The number of rotatable bonds is 7. The quantitative estimate of drug-likeness (QED) is 0.157. The highest BCUT2D eigenvalue weighted by Crippen LogP contribution is 2.35. The van der Waals surface area contributed by atoms with Gasteiger partial charge < -0.3 is 14.2 Å². The van der Waals surface area contributed by atoms with Gasteiger partial charge in [0.25, 0.3) is 5.91 Å². The van der Waals surface area contributed by atoms with Crippen LogP contribution in [-0.4, -0.2) is 32.3 Å². The van der Waals surface area contributed by atoms with Crippen LogP contribution < -0.4 is 19.6 Å². The molecule has 0 saturated carbocycles. The van der Waals surface area contributed by atoms with Gasteiger partial charge in [-0.05, 0) is 42.0 Å². The molecule has 3 aromatic carbocycles. The molecule has 1 amide bonds. The fraction of sp³-hybridized carbons (Fsp3) is 0.0800. The van der Waals surface area contributed by atoms with Crippen LogP contribution in [0.25, 0.3) is 10.1 Å². The first-order chi connectivity index (χ1) is 16.5. The summed E-state index contributed by atoms with van der Waals surface area (Å²) in [5.41, 5.74) is 3.44. The number of hydrogen-bond acceptors (Lipinski definition) is 7. The number of thiophene rings is 1. The van der Waals surface area contributed by atoms with E-state index in [0.29, 0.717) is 38.3 Å². The molecule has 0 unspecified atom stereocenters. The molecule has 4 aromatic rings. The van der Waals surface area contributed by atoms with Gasteiger partial charge in [-0.25, -0.2) is 10.2 Å². The van der Waals surface area contributed by atoms with Crippen molar-refractivity contribution in [3.63, 3.8) is 0 Å². The standard InChI is InChI=1S/C25H19ClN2O5S/c1-31-19-11-10-16(13-20(19)32-2)24(29)28-27-14-15-6-5-7-17(12-15)33-25(30)23-22(26)18-8-3-4-9-21(18)34-23/h3-14H,1-2H3,(H,28,29)/b27-14-. The highest BCUT2D eigenvalue weighted by atomic mass is 35.5. The van der Waals surface area contributed by atoms with E-state index in [1.54, 1.807) is 42.5 Å². The minimum atomic E-state index is -0.540. The molecule has 172 valence electrons. The topological polar surface area (TPSA) is 86.2 Å². The van der Waals surface area contributed by atoms with Crippen LogP contribution in [0.4, 0.5) is 0 Å². The van der Waals surface area contributed by atoms with E-state index in [1.165, 1.54) is 31.8 Å². The Morgan fingerprint density at radius 3 is 2.53 bits per heavy atom. The van der Waals surface area contributed by atoms with Gasteiger partial charge in [-0.1, -0.05) is 41.9 Å². The third-order valence-electron chi connectivity index (χ3n) is 4.81. The molecule has 0 atom stereocenters.